The van der Waals surface area contributed by atoms with Crippen molar-refractivity contribution in [2.75, 3.05) is 14.2 Å². The van der Waals surface area contributed by atoms with Crippen molar-refractivity contribution >= 4 is 17.3 Å². The second kappa shape index (κ2) is 5.23. The van der Waals surface area contributed by atoms with Gasteiger partial charge in [-0.1, -0.05) is 0 Å². The van der Waals surface area contributed by atoms with E-state index in [4.69, 9.17) is 0 Å². The topological polar surface area (TPSA) is 42.4 Å². The van der Waals surface area contributed by atoms with Gasteiger partial charge in [-0.2, -0.15) is 0 Å². The Bertz CT molecular complexity index is 338. The van der Waals surface area contributed by atoms with Gasteiger partial charge in [-0.3, -0.25) is 9.69 Å². The summed E-state index contributed by atoms with van der Waals surface area (Å²) < 4.78 is 4.69. The lowest BCUT2D eigenvalue weighted by Gasteiger charge is -2.21. The maximum Gasteiger partial charge on any atom is 0.322 e. The fourth-order valence-corrected chi connectivity index (χ4v) is 2.03. The highest BCUT2D eigenvalue weighted by atomic mass is 32.1. The Labute approximate surface area is 93.9 Å². The molecule has 0 radical (unpaired) electrons. The first kappa shape index (κ1) is 12.1. The second-order valence-corrected chi connectivity index (χ2v) is 4.41. The number of esters is 1. The normalized spacial score (nSPS) is 12.9. The molecule has 0 N–H and O–H groups in total. The minimum Gasteiger partial charge on any atom is -0.468 e. The number of hydrogen-bond donors (Lipinski definition) is 0. The van der Waals surface area contributed by atoms with Crippen molar-refractivity contribution < 1.29 is 9.53 Å². The first-order chi connectivity index (χ1) is 7.06. The molecule has 4 nitrogen and oxygen atoms in total. The number of carbonyl (C=O) groups is 1. The Hall–Kier alpha value is -0.940. The van der Waals surface area contributed by atoms with Crippen LogP contribution >= 0.6 is 11.3 Å². The van der Waals surface area contributed by atoms with E-state index in [1.165, 1.54) is 12.0 Å². The Kier molecular flexibility index (Phi) is 4.23. The van der Waals surface area contributed by atoms with Crippen LogP contribution in [0.2, 0.25) is 0 Å². The Morgan fingerprint density at radius 1 is 1.73 bits per heavy atom. The zero-order valence-electron chi connectivity index (χ0n) is 9.48. The lowest BCUT2D eigenvalue weighted by molar-refractivity contribution is -0.145. The van der Waals surface area contributed by atoms with Gasteiger partial charge in [0.2, 0.25) is 0 Å². The predicted octanol–water partition coefficient (Wildman–Crippen LogP) is 1.44. The van der Waals surface area contributed by atoms with Crippen LogP contribution in [-0.4, -0.2) is 36.1 Å². The van der Waals surface area contributed by atoms with Crippen LogP contribution in [0.4, 0.5) is 0 Å². The summed E-state index contributed by atoms with van der Waals surface area (Å²) in [4.78, 5) is 18.6. The molecule has 0 spiro atoms. The zero-order chi connectivity index (χ0) is 11.4. The van der Waals surface area contributed by atoms with Gasteiger partial charge in [0.15, 0.2) is 0 Å². The van der Waals surface area contributed by atoms with E-state index in [2.05, 4.69) is 9.72 Å². The van der Waals surface area contributed by atoms with Crippen molar-refractivity contribution in [2.24, 2.45) is 0 Å². The number of carbonyl (C=O) groups excluding carboxylic acids is 1. The minimum atomic E-state index is -0.225. The summed E-state index contributed by atoms with van der Waals surface area (Å²) in [5.74, 6) is -0.209. The van der Waals surface area contributed by atoms with Crippen LogP contribution in [-0.2, 0) is 16.1 Å². The third-order valence-electron chi connectivity index (χ3n) is 2.44. The number of hydrogen-bond acceptors (Lipinski definition) is 5. The van der Waals surface area contributed by atoms with Crippen LogP contribution in [0, 0.1) is 6.92 Å². The van der Waals surface area contributed by atoms with E-state index in [1.54, 1.807) is 11.3 Å². The molecule has 1 aromatic heterocycles. The predicted molar refractivity (Wildman–Crippen MR) is 59.8 cm³/mol. The van der Waals surface area contributed by atoms with Crippen molar-refractivity contribution in [3.8, 4) is 0 Å². The number of aromatic nitrogens is 1. The number of aryl methyl sites for hydroxylation is 1. The lowest BCUT2D eigenvalue weighted by atomic mass is 10.3. The summed E-state index contributed by atoms with van der Waals surface area (Å²) in [7, 11) is 3.31. The van der Waals surface area contributed by atoms with Gasteiger partial charge in [0.05, 0.1) is 18.3 Å². The fourth-order valence-electron chi connectivity index (χ4n) is 1.19. The second-order valence-electron chi connectivity index (χ2n) is 3.48. The molecule has 0 amide bonds. The summed E-state index contributed by atoms with van der Waals surface area (Å²) in [6.07, 6.45) is 0. The number of nitrogens with zero attached hydrogens (tertiary/aromatic N) is 2. The van der Waals surface area contributed by atoms with Gasteiger partial charge in [0.1, 0.15) is 6.04 Å². The molecule has 0 aliphatic rings. The van der Waals surface area contributed by atoms with Crippen LogP contribution in [0.25, 0.3) is 0 Å². The molecule has 0 fully saturated rings. The van der Waals surface area contributed by atoms with E-state index in [-0.39, 0.29) is 12.0 Å². The molecule has 0 aliphatic carbocycles. The largest absolute Gasteiger partial charge is 0.468 e. The van der Waals surface area contributed by atoms with Crippen molar-refractivity contribution in [1.82, 2.24) is 9.88 Å². The van der Waals surface area contributed by atoms with Gasteiger partial charge in [-0.15, -0.1) is 11.3 Å². The highest BCUT2D eigenvalue weighted by molar-refractivity contribution is 7.09. The summed E-state index contributed by atoms with van der Waals surface area (Å²) in [6, 6.07) is -0.225. The van der Waals surface area contributed by atoms with E-state index in [0.717, 1.165) is 12.2 Å². The molecule has 84 valence electrons. The van der Waals surface area contributed by atoms with E-state index in [9.17, 15) is 4.79 Å². The van der Waals surface area contributed by atoms with Crippen LogP contribution in [0.1, 0.15) is 17.5 Å². The third-order valence-corrected chi connectivity index (χ3v) is 3.36. The number of ether oxygens (including phenoxy) is 1. The molecule has 1 heterocycles. The number of likely N-dealkylation sites (N-methyl/N-ethyl adjacent to an activating group) is 1. The van der Waals surface area contributed by atoms with Crippen LogP contribution < -0.4 is 0 Å². The average Bonchev–Trinajstić information content (AvgIpc) is 2.62. The van der Waals surface area contributed by atoms with Gasteiger partial charge in [-0.25, -0.2) is 4.98 Å². The standard InChI is InChI=1S/C10H16N2O2S/c1-7-9(15-6-11-7)5-12(3)8(2)10(13)14-4/h6,8H,5H2,1-4H3. The molecule has 1 atom stereocenters. The minimum absolute atomic E-state index is 0.209. The summed E-state index contributed by atoms with van der Waals surface area (Å²) in [5.41, 5.74) is 2.85. The first-order valence-electron chi connectivity index (χ1n) is 4.73. The number of rotatable bonds is 4. The highest BCUT2D eigenvalue weighted by Crippen LogP contribution is 2.15. The molecule has 0 saturated carbocycles. The molecule has 1 unspecified atom stereocenters. The molecule has 1 rings (SSSR count). The van der Waals surface area contributed by atoms with Crippen molar-refractivity contribution in [3.05, 3.63) is 16.1 Å². The molecule has 0 saturated heterocycles. The molecule has 0 aliphatic heterocycles. The molecule has 5 heteroatoms. The Balaban J connectivity index is 2.59. The molecular formula is C10H16N2O2S. The average molecular weight is 228 g/mol. The maximum absolute atomic E-state index is 11.3. The Morgan fingerprint density at radius 2 is 2.40 bits per heavy atom. The van der Waals surface area contributed by atoms with E-state index < -0.39 is 0 Å². The van der Waals surface area contributed by atoms with Crippen LogP contribution in [0.15, 0.2) is 5.51 Å². The first-order valence-corrected chi connectivity index (χ1v) is 5.61. The SMILES string of the molecule is COC(=O)C(C)N(C)Cc1scnc1C. The van der Waals surface area contributed by atoms with Crippen LogP contribution in [0.3, 0.4) is 0 Å². The zero-order valence-corrected chi connectivity index (χ0v) is 10.3. The summed E-state index contributed by atoms with van der Waals surface area (Å²) >= 11 is 1.61. The van der Waals surface area contributed by atoms with E-state index in [1.807, 2.05) is 31.3 Å². The van der Waals surface area contributed by atoms with Crippen molar-refractivity contribution in [2.45, 2.75) is 26.4 Å². The molecule has 0 aromatic carbocycles. The van der Waals surface area contributed by atoms with Crippen LogP contribution in [0.5, 0.6) is 0 Å². The highest BCUT2D eigenvalue weighted by Gasteiger charge is 2.19. The van der Waals surface area contributed by atoms with Crippen molar-refractivity contribution in [3.63, 3.8) is 0 Å². The van der Waals surface area contributed by atoms with Gasteiger partial charge in [-0.05, 0) is 20.9 Å². The molecule has 1 aromatic rings. The number of thiazole rings is 1. The molecule has 0 bridgehead atoms. The van der Waals surface area contributed by atoms with E-state index in [0.29, 0.717) is 0 Å². The monoisotopic (exact) mass is 228 g/mol. The third kappa shape index (κ3) is 3.00. The number of methoxy groups -OCH3 is 1. The quantitative estimate of drug-likeness (QED) is 0.731. The Morgan fingerprint density at radius 3 is 2.87 bits per heavy atom. The van der Waals surface area contributed by atoms with E-state index >= 15 is 0 Å². The van der Waals surface area contributed by atoms with Gasteiger partial charge < -0.3 is 4.74 Å². The van der Waals surface area contributed by atoms with Crippen molar-refractivity contribution in [1.29, 1.82) is 0 Å². The molecule has 15 heavy (non-hydrogen) atoms. The van der Waals surface area contributed by atoms with Gasteiger partial charge >= 0.3 is 5.97 Å². The smallest absolute Gasteiger partial charge is 0.322 e. The van der Waals surface area contributed by atoms with Gasteiger partial charge in [0, 0.05) is 11.4 Å². The maximum atomic E-state index is 11.3. The van der Waals surface area contributed by atoms with Gasteiger partial charge in [0.25, 0.3) is 0 Å². The summed E-state index contributed by atoms with van der Waals surface area (Å²) in [6.45, 7) is 4.54. The molecular weight excluding hydrogens is 212 g/mol. The fraction of sp³-hybridized carbons (Fsp3) is 0.600. The summed E-state index contributed by atoms with van der Waals surface area (Å²) in [5, 5.41) is 0. The lowest BCUT2D eigenvalue weighted by Crippen LogP contribution is -2.36.